The van der Waals surface area contributed by atoms with Crippen LogP contribution in [0.5, 0.6) is 0 Å². The number of hydrogen-bond donors (Lipinski definition) is 0. The quantitative estimate of drug-likeness (QED) is 0.162. The zero-order valence-electron chi connectivity index (χ0n) is 23.3. The largest absolute Gasteiger partial charge is 0.378 e. The highest BCUT2D eigenvalue weighted by molar-refractivity contribution is 7.51. The van der Waals surface area contributed by atoms with Crippen molar-refractivity contribution in [3.05, 3.63) is 0 Å². The van der Waals surface area contributed by atoms with Crippen molar-refractivity contribution < 1.29 is 14.0 Å². The molecule has 0 aromatic carbocycles. The molecule has 2 aliphatic rings. The van der Waals surface area contributed by atoms with Crippen molar-refractivity contribution in [1.29, 1.82) is 0 Å². The summed E-state index contributed by atoms with van der Waals surface area (Å²) < 4.78 is 19.1. The van der Waals surface area contributed by atoms with E-state index < -0.39 is 8.15 Å². The zero-order valence-corrected chi connectivity index (χ0v) is 24.2. The highest BCUT2D eigenvalue weighted by Crippen LogP contribution is 2.43. The third-order valence-corrected chi connectivity index (χ3v) is 10.0. The molecule has 0 aliphatic heterocycles. The molecular weight excluding hydrogens is 427 g/mol. The average molecular weight is 485 g/mol. The third kappa shape index (κ3) is 10.4. The molecular formula is C29H57O3P. The summed E-state index contributed by atoms with van der Waals surface area (Å²) in [5, 5.41) is 0. The summed E-state index contributed by atoms with van der Waals surface area (Å²) in [7, 11) is -0.423. The normalized spacial score (nSPS) is 24.0. The summed E-state index contributed by atoms with van der Waals surface area (Å²) >= 11 is 0. The van der Waals surface area contributed by atoms with Crippen molar-refractivity contribution in [2.75, 3.05) is 32.6 Å². The second-order valence-electron chi connectivity index (χ2n) is 12.2. The molecule has 4 heteroatoms. The first kappa shape index (κ1) is 29.5. The first-order chi connectivity index (χ1) is 15.7. The van der Waals surface area contributed by atoms with E-state index in [2.05, 4.69) is 48.2 Å². The maximum absolute atomic E-state index is 6.38. The lowest BCUT2D eigenvalue weighted by atomic mass is 9.70. The van der Waals surface area contributed by atoms with Crippen LogP contribution in [0.1, 0.15) is 119 Å². The summed E-state index contributed by atoms with van der Waals surface area (Å²) in [6.45, 7) is 18.6. The first-order valence-electron chi connectivity index (χ1n) is 14.3. The molecule has 3 atom stereocenters. The van der Waals surface area contributed by atoms with Gasteiger partial charge in [-0.3, -0.25) is 0 Å². The summed E-state index contributed by atoms with van der Waals surface area (Å²) in [6, 6.07) is 0. The van der Waals surface area contributed by atoms with Crippen LogP contribution in [0, 0.1) is 23.2 Å². The lowest BCUT2D eigenvalue weighted by Gasteiger charge is -2.42. The second-order valence-corrected chi connectivity index (χ2v) is 14.2. The molecule has 2 rings (SSSR count). The summed E-state index contributed by atoms with van der Waals surface area (Å²) in [4.78, 5) is 0. The molecule has 0 heterocycles. The van der Waals surface area contributed by atoms with E-state index in [9.17, 15) is 0 Å². The van der Waals surface area contributed by atoms with Crippen molar-refractivity contribution in [3.63, 3.8) is 0 Å². The second kappa shape index (κ2) is 14.8. The molecule has 0 aromatic rings. The Bertz CT molecular complexity index is 509. The maximum atomic E-state index is 6.38. The van der Waals surface area contributed by atoms with Crippen LogP contribution in [0.25, 0.3) is 0 Å². The van der Waals surface area contributed by atoms with Gasteiger partial charge >= 0.3 is 0 Å². The molecule has 0 radical (unpaired) electrons. The van der Waals surface area contributed by atoms with Gasteiger partial charge in [0, 0.05) is 20.9 Å². The van der Waals surface area contributed by atoms with Crippen molar-refractivity contribution in [3.8, 4) is 0 Å². The van der Waals surface area contributed by atoms with Gasteiger partial charge in [0.25, 0.3) is 0 Å². The number of hydrogen-bond acceptors (Lipinski definition) is 3. The molecule has 0 saturated heterocycles. The fourth-order valence-corrected chi connectivity index (χ4v) is 6.91. The summed E-state index contributed by atoms with van der Waals surface area (Å²) in [5.41, 5.74) is 0.227. The van der Waals surface area contributed by atoms with Gasteiger partial charge in [0.05, 0.1) is 24.9 Å². The molecule has 2 aliphatic carbocycles. The molecule has 2 fully saturated rings. The Morgan fingerprint density at radius 3 is 2.12 bits per heavy atom. The van der Waals surface area contributed by atoms with Crippen molar-refractivity contribution >= 4 is 8.15 Å². The van der Waals surface area contributed by atoms with Crippen LogP contribution in [-0.2, 0) is 14.0 Å². The predicted octanol–water partition coefficient (Wildman–Crippen LogP) is 8.83. The number of rotatable bonds is 16. The molecule has 0 bridgehead atoms. The Balaban J connectivity index is 1.62. The van der Waals surface area contributed by atoms with Crippen LogP contribution in [0.2, 0.25) is 0 Å². The van der Waals surface area contributed by atoms with Gasteiger partial charge in [-0.05, 0) is 82.2 Å². The molecule has 2 saturated carbocycles. The standard InChI is InChI=1S/C29H57O3P/c1-8-29(9-2,22-24(3)4)23-32-33(7)21-20-31-28(5,6)18-19-30-27-17-16-26(27)25-14-12-10-11-13-15-25/h24-27H,8-23H2,1-7H3. The Kier molecular flexibility index (Phi) is 13.2. The highest BCUT2D eigenvalue weighted by Gasteiger charge is 2.37. The predicted molar refractivity (Wildman–Crippen MR) is 144 cm³/mol. The van der Waals surface area contributed by atoms with E-state index in [1.165, 1.54) is 70.6 Å². The van der Waals surface area contributed by atoms with Gasteiger partial charge in [-0.25, -0.2) is 0 Å². The van der Waals surface area contributed by atoms with E-state index >= 15 is 0 Å². The fraction of sp³-hybridized carbons (Fsp3) is 1.00. The van der Waals surface area contributed by atoms with Crippen LogP contribution in [0.3, 0.4) is 0 Å². The highest BCUT2D eigenvalue weighted by atomic mass is 31.1. The average Bonchev–Trinajstić information content (AvgIpc) is 3.02. The summed E-state index contributed by atoms with van der Waals surface area (Å²) in [6.07, 6.45) is 17.5. The van der Waals surface area contributed by atoms with E-state index in [0.717, 1.165) is 50.2 Å². The third-order valence-electron chi connectivity index (χ3n) is 8.63. The molecule has 33 heavy (non-hydrogen) atoms. The number of ether oxygens (including phenoxy) is 2. The van der Waals surface area contributed by atoms with Crippen LogP contribution in [0.15, 0.2) is 0 Å². The van der Waals surface area contributed by atoms with Crippen LogP contribution in [-0.4, -0.2) is 44.4 Å². The van der Waals surface area contributed by atoms with Crippen molar-refractivity contribution in [2.24, 2.45) is 23.2 Å². The molecule has 0 aromatic heterocycles. The maximum Gasteiger partial charge on any atom is 0.0648 e. The minimum absolute atomic E-state index is 0.119. The van der Waals surface area contributed by atoms with E-state index in [1.807, 2.05) is 0 Å². The lowest BCUT2D eigenvalue weighted by molar-refractivity contribution is -0.0946. The van der Waals surface area contributed by atoms with E-state index in [-0.39, 0.29) is 5.60 Å². The smallest absolute Gasteiger partial charge is 0.0648 e. The van der Waals surface area contributed by atoms with Gasteiger partial charge < -0.3 is 14.0 Å². The lowest BCUT2D eigenvalue weighted by Crippen LogP contribution is -2.40. The Morgan fingerprint density at radius 1 is 0.909 bits per heavy atom. The topological polar surface area (TPSA) is 27.7 Å². The first-order valence-corrected chi connectivity index (χ1v) is 16.2. The minimum atomic E-state index is -0.423. The van der Waals surface area contributed by atoms with Crippen LogP contribution < -0.4 is 0 Å². The fourth-order valence-electron chi connectivity index (χ4n) is 5.94. The van der Waals surface area contributed by atoms with Gasteiger partial charge in [0.15, 0.2) is 0 Å². The Hall–Kier alpha value is 0.310. The van der Waals surface area contributed by atoms with Gasteiger partial charge in [0.2, 0.25) is 0 Å². The van der Waals surface area contributed by atoms with Crippen molar-refractivity contribution in [1.82, 2.24) is 0 Å². The monoisotopic (exact) mass is 484 g/mol. The molecule has 3 unspecified atom stereocenters. The van der Waals surface area contributed by atoms with Gasteiger partial charge in [-0.2, -0.15) is 0 Å². The van der Waals surface area contributed by atoms with Crippen molar-refractivity contribution in [2.45, 2.75) is 130 Å². The van der Waals surface area contributed by atoms with E-state index in [1.54, 1.807) is 0 Å². The van der Waals surface area contributed by atoms with Crippen LogP contribution in [0.4, 0.5) is 0 Å². The minimum Gasteiger partial charge on any atom is -0.378 e. The van der Waals surface area contributed by atoms with E-state index in [4.69, 9.17) is 14.0 Å². The SMILES string of the molecule is CCC(CC)(COP(C)CCOC(C)(C)CCOC1CCC1C1CCCCCC1)CC(C)C. The molecule has 0 spiro atoms. The summed E-state index contributed by atoms with van der Waals surface area (Å²) in [5.74, 6) is 2.49. The van der Waals surface area contributed by atoms with Crippen LogP contribution >= 0.6 is 8.15 Å². The zero-order chi connectivity index (χ0) is 24.3. The Morgan fingerprint density at radius 2 is 1.58 bits per heavy atom. The molecule has 3 nitrogen and oxygen atoms in total. The molecule has 0 N–H and O–H groups in total. The van der Waals surface area contributed by atoms with E-state index in [0.29, 0.717) is 11.5 Å². The van der Waals surface area contributed by atoms with Gasteiger partial charge in [-0.15, -0.1) is 0 Å². The van der Waals surface area contributed by atoms with Gasteiger partial charge in [-0.1, -0.05) is 66.2 Å². The molecule has 0 amide bonds. The van der Waals surface area contributed by atoms with Gasteiger partial charge in [0.1, 0.15) is 0 Å². The Labute approximate surface area is 208 Å². The molecule has 196 valence electrons.